The van der Waals surface area contributed by atoms with Gasteiger partial charge in [0, 0.05) is 22.7 Å². The number of aromatic amines is 1. The molecular weight excluding hydrogens is 280 g/mol. The Hall–Kier alpha value is -1.94. The molecule has 1 aliphatic carbocycles. The predicted octanol–water partition coefficient (Wildman–Crippen LogP) is 4.12. The first-order valence-corrected chi connectivity index (χ1v) is 8.23. The number of rotatable bonds is 2. The SMILES string of the molecule is O=C(c1cc2c(s1)CCCCC2)c1c[nH]c2ncccc12. The molecule has 0 saturated heterocycles. The molecule has 0 spiro atoms. The number of hydrogen-bond acceptors (Lipinski definition) is 3. The van der Waals surface area contributed by atoms with E-state index in [4.69, 9.17) is 0 Å². The highest BCUT2D eigenvalue weighted by atomic mass is 32.1. The summed E-state index contributed by atoms with van der Waals surface area (Å²) in [5.74, 6) is 0.118. The number of nitrogens with one attached hydrogen (secondary N) is 1. The van der Waals surface area contributed by atoms with E-state index in [2.05, 4.69) is 16.0 Å². The molecule has 0 saturated carbocycles. The van der Waals surface area contributed by atoms with Gasteiger partial charge in [-0.1, -0.05) is 6.42 Å². The monoisotopic (exact) mass is 296 g/mol. The van der Waals surface area contributed by atoms with Crippen LogP contribution in [0.25, 0.3) is 11.0 Å². The topological polar surface area (TPSA) is 45.8 Å². The lowest BCUT2D eigenvalue weighted by Gasteiger charge is -1.96. The van der Waals surface area contributed by atoms with E-state index in [1.807, 2.05) is 12.1 Å². The number of carbonyl (C=O) groups excluding carboxylic acids is 1. The van der Waals surface area contributed by atoms with E-state index in [0.717, 1.165) is 34.3 Å². The molecular formula is C17H16N2OS. The van der Waals surface area contributed by atoms with Gasteiger partial charge in [0.05, 0.1) is 10.4 Å². The van der Waals surface area contributed by atoms with Gasteiger partial charge < -0.3 is 4.98 Å². The molecule has 0 aromatic carbocycles. The van der Waals surface area contributed by atoms with Gasteiger partial charge >= 0.3 is 0 Å². The van der Waals surface area contributed by atoms with Gasteiger partial charge in [-0.3, -0.25) is 4.79 Å². The Bertz CT molecular complexity index is 792. The molecule has 1 aliphatic rings. The molecule has 4 rings (SSSR count). The van der Waals surface area contributed by atoms with E-state index in [1.54, 1.807) is 23.7 Å². The minimum absolute atomic E-state index is 0.118. The summed E-state index contributed by atoms with van der Waals surface area (Å²) < 4.78 is 0. The van der Waals surface area contributed by atoms with Crippen LogP contribution in [0.1, 0.15) is 44.9 Å². The van der Waals surface area contributed by atoms with Crippen molar-refractivity contribution in [1.29, 1.82) is 0 Å². The molecule has 4 heteroatoms. The first-order chi connectivity index (χ1) is 10.3. The maximum Gasteiger partial charge on any atom is 0.205 e. The summed E-state index contributed by atoms with van der Waals surface area (Å²) in [5.41, 5.74) is 2.90. The molecule has 0 atom stereocenters. The Morgan fingerprint density at radius 2 is 2.14 bits per heavy atom. The molecule has 0 unspecified atom stereocenters. The molecule has 0 fully saturated rings. The number of ketones is 1. The van der Waals surface area contributed by atoms with Crippen LogP contribution in [0.5, 0.6) is 0 Å². The summed E-state index contributed by atoms with van der Waals surface area (Å²) in [6.45, 7) is 0. The van der Waals surface area contributed by atoms with Crippen molar-refractivity contribution in [1.82, 2.24) is 9.97 Å². The van der Waals surface area contributed by atoms with Crippen molar-refractivity contribution in [3.8, 4) is 0 Å². The Kier molecular flexibility index (Phi) is 3.11. The van der Waals surface area contributed by atoms with Gasteiger partial charge in [0.25, 0.3) is 0 Å². The summed E-state index contributed by atoms with van der Waals surface area (Å²) in [6.07, 6.45) is 9.56. The number of pyridine rings is 1. The van der Waals surface area contributed by atoms with Gasteiger partial charge in [-0.15, -0.1) is 11.3 Å². The van der Waals surface area contributed by atoms with Crippen LogP contribution < -0.4 is 0 Å². The average molecular weight is 296 g/mol. The zero-order valence-electron chi connectivity index (χ0n) is 11.7. The van der Waals surface area contributed by atoms with Gasteiger partial charge in [0.1, 0.15) is 5.65 Å². The van der Waals surface area contributed by atoms with E-state index < -0.39 is 0 Å². The molecule has 106 valence electrons. The number of nitrogens with zero attached hydrogens (tertiary/aromatic N) is 1. The van der Waals surface area contributed by atoms with Crippen molar-refractivity contribution in [2.45, 2.75) is 32.1 Å². The average Bonchev–Trinajstić information content (AvgIpc) is 3.05. The second kappa shape index (κ2) is 5.11. The zero-order chi connectivity index (χ0) is 14.2. The number of hydrogen-bond donors (Lipinski definition) is 1. The summed E-state index contributed by atoms with van der Waals surface area (Å²) in [4.78, 5) is 22.4. The van der Waals surface area contributed by atoms with Crippen LogP contribution in [0.4, 0.5) is 0 Å². The Labute approximate surface area is 127 Å². The molecule has 3 nitrogen and oxygen atoms in total. The van der Waals surface area contributed by atoms with Gasteiger partial charge in [-0.25, -0.2) is 4.98 Å². The van der Waals surface area contributed by atoms with Crippen molar-refractivity contribution >= 4 is 28.2 Å². The highest BCUT2D eigenvalue weighted by Gasteiger charge is 2.20. The highest BCUT2D eigenvalue weighted by molar-refractivity contribution is 7.14. The van der Waals surface area contributed by atoms with Crippen LogP contribution in [-0.2, 0) is 12.8 Å². The minimum atomic E-state index is 0.118. The lowest BCUT2D eigenvalue weighted by Crippen LogP contribution is -1.97. The lowest BCUT2D eigenvalue weighted by molar-refractivity contribution is 0.104. The van der Waals surface area contributed by atoms with Crippen LogP contribution >= 0.6 is 11.3 Å². The molecule has 0 aliphatic heterocycles. The van der Waals surface area contributed by atoms with Crippen molar-refractivity contribution in [2.24, 2.45) is 0 Å². The normalized spacial score (nSPS) is 14.9. The zero-order valence-corrected chi connectivity index (χ0v) is 12.5. The van der Waals surface area contributed by atoms with Crippen molar-refractivity contribution in [3.63, 3.8) is 0 Å². The fraction of sp³-hybridized carbons (Fsp3) is 0.294. The van der Waals surface area contributed by atoms with Crippen LogP contribution in [0.2, 0.25) is 0 Å². The van der Waals surface area contributed by atoms with E-state index in [1.165, 1.54) is 29.7 Å². The fourth-order valence-corrected chi connectivity index (χ4v) is 4.26. The molecule has 1 N–H and O–H groups in total. The highest BCUT2D eigenvalue weighted by Crippen LogP contribution is 2.31. The quantitative estimate of drug-likeness (QED) is 0.571. The van der Waals surface area contributed by atoms with Crippen LogP contribution in [0.3, 0.4) is 0 Å². The lowest BCUT2D eigenvalue weighted by atomic mass is 10.1. The van der Waals surface area contributed by atoms with E-state index >= 15 is 0 Å². The number of carbonyl (C=O) groups is 1. The minimum Gasteiger partial charge on any atom is -0.345 e. The Morgan fingerprint density at radius 3 is 3.10 bits per heavy atom. The van der Waals surface area contributed by atoms with Crippen molar-refractivity contribution in [2.75, 3.05) is 0 Å². The molecule has 21 heavy (non-hydrogen) atoms. The second-order valence-electron chi connectivity index (χ2n) is 5.55. The number of fused-ring (bicyclic) bond motifs is 2. The van der Waals surface area contributed by atoms with Gasteiger partial charge in [0.15, 0.2) is 0 Å². The maximum atomic E-state index is 12.8. The maximum absolute atomic E-state index is 12.8. The summed E-state index contributed by atoms with van der Waals surface area (Å²) in [6, 6.07) is 5.93. The number of H-pyrrole nitrogens is 1. The van der Waals surface area contributed by atoms with E-state index in [0.29, 0.717) is 0 Å². The Morgan fingerprint density at radius 1 is 1.24 bits per heavy atom. The predicted molar refractivity (Wildman–Crippen MR) is 85.1 cm³/mol. The van der Waals surface area contributed by atoms with E-state index in [-0.39, 0.29) is 5.78 Å². The fourth-order valence-electron chi connectivity index (χ4n) is 3.06. The standard InChI is InChI=1S/C17H16N2OS/c20-16(13-10-19-17-12(13)6-4-8-18-17)15-9-11-5-2-1-3-7-14(11)21-15/h4,6,8-10H,1-3,5,7H2,(H,18,19). The summed E-state index contributed by atoms with van der Waals surface area (Å²) in [5, 5.41) is 0.908. The molecule has 0 bridgehead atoms. The number of aryl methyl sites for hydroxylation is 2. The summed E-state index contributed by atoms with van der Waals surface area (Å²) >= 11 is 1.68. The smallest absolute Gasteiger partial charge is 0.205 e. The third-order valence-electron chi connectivity index (χ3n) is 4.17. The molecule has 3 heterocycles. The first-order valence-electron chi connectivity index (χ1n) is 7.41. The number of thiophene rings is 1. The molecule has 3 aromatic rings. The van der Waals surface area contributed by atoms with E-state index in [9.17, 15) is 4.79 Å². The largest absolute Gasteiger partial charge is 0.345 e. The molecule has 0 amide bonds. The first kappa shape index (κ1) is 12.8. The summed E-state index contributed by atoms with van der Waals surface area (Å²) in [7, 11) is 0. The van der Waals surface area contributed by atoms with Gasteiger partial charge in [0.2, 0.25) is 5.78 Å². The third kappa shape index (κ3) is 2.20. The molecule has 0 radical (unpaired) electrons. The number of aromatic nitrogens is 2. The van der Waals surface area contributed by atoms with Gasteiger partial charge in [-0.2, -0.15) is 0 Å². The van der Waals surface area contributed by atoms with Crippen LogP contribution in [0.15, 0.2) is 30.6 Å². The van der Waals surface area contributed by atoms with Crippen LogP contribution in [-0.4, -0.2) is 15.8 Å². The van der Waals surface area contributed by atoms with Gasteiger partial charge in [-0.05, 0) is 49.4 Å². The van der Waals surface area contributed by atoms with Crippen LogP contribution in [0, 0.1) is 0 Å². The second-order valence-corrected chi connectivity index (χ2v) is 6.69. The van der Waals surface area contributed by atoms with Crippen molar-refractivity contribution < 1.29 is 4.79 Å². The third-order valence-corrected chi connectivity index (χ3v) is 5.40. The Balaban J connectivity index is 1.75. The molecule has 3 aromatic heterocycles. The van der Waals surface area contributed by atoms with Crippen molar-refractivity contribution in [3.05, 3.63) is 51.5 Å².